The smallest absolute Gasteiger partial charge is 0.170 e. The predicted octanol–water partition coefficient (Wildman–Crippen LogP) is 7.56. The van der Waals surface area contributed by atoms with Gasteiger partial charge in [-0.05, 0) is 74.6 Å². The van der Waals surface area contributed by atoms with Crippen LogP contribution >= 0.6 is 7.26 Å². The molecule has 3 N–H and O–H groups in total. The summed E-state index contributed by atoms with van der Waals surface area (Å²) in [6.07, 6.45) is 11.2. The average molecular weight is 586 g/mol. The van der Waals surface area contributed by atoms with Crippen molar-refractivity contribution in [2.75, 3.05) is 13.3 Å². The first kappa shape index (κ1) is 31.6. The molecule has 4 rings (SSSR count). The summed E-state index contributed by atoms with van der Waals surface area (Å²) in [5.74, 6) is 0.228. The van der Waals surface area contributed by atoms with E-state index < -0.39 is 7.26 Å². The van der Waals surface area contributed by atoms with E-state index in [1.807, 2.05) is 0 Å². The number of hydrogen-bond acceptors (Lipinski definition) is 4. The summed E-state index contributed by atoms with van der Waals surface area (Å²) in [6, 6.07) is 33.4. The van der Waals surface area contributed by atoms with E-state index in [1.165, 1.54) is 61.3 Å². The van der Waals surface area contributed by atoms with Gasteiger partial charge in [0.25, 0.3) is 0 Å². The van der Waals surface area contributed by atoms with Gasteiger partial charge in [-0.15, -0.1) is 0 Å². The highest BCUT2D eigenvalue weighted by Crippen LogP contribution is 2.56. The topological polar surface area (TPSA) is 69.9 Å². The van der Waals surface area contributed by atoms with Gasteiger partial charge in [0.2, 0.25) is 0 Å². The molecule has 0 aliphatic heterocycles. The van der Waals surface area contributed by atoms with Crippen LogP contribution in [0.25, 0.3) is 0 Å². The maximum absolute atomic E-state index is 10.7. The van der Waals surface area contributed by atoms with Crippen LogP contribution < -0.4 is 20.7 Å². The number of benzene rings is 4. The van der Waals surface area contributed by atoms with E-state index in [0.717, 1.165) is 19.3 Å². The lowest BCUT2D eigenvalue weighted by molar-refractivity contribution is 0.262. The molecule has 0 aliphatic carbocycles. The molecule has 0 heterocycles. The van der Waals surface area contributed by atoms with Crippen LogP contribution in [0, 0.1) is 6.92 Å². The first-order valence-electron chi connectivity index (χ1n) is 15.3. The fourth-order valence-corrected chi connectivity index (χ4v) is 10.6. The van der Waals surface area contributed by atoms with Crippen LogP contribution in [0.1, 0.15) is 68.1 Å². The monoisotopic (exact) mass is 585 g/mol. The second-order valence-electron chi connectivity index (χ2n) is 11.1. The number of hydrogen-bond donors (Lipinski definition) is 3. The lowest BCUT2D eigenvalue weighted by Crippen LogP contribution is -2.33. The molecule has 5 heteroatoms. The van der Waals surface area contributed by atoms with Crippen molar-refractivity contribution in [1.29, 1.82) is 0 Å². The second-order valence-corrected chi connectivity index (χ2v) is 14.7. The molecule has 0 fully saturated rings. The van der Waals surface area contributed by atoms with Gasteiger partial charge in [-0.25, -0.2) is 0 Å². The van der Waals surface area contributed by atoms with Gasteiger partial charge in [-0.3, -0.25) is 0 Å². The van der Waals surface area contributed by atoms with E-state index in [0.29, 0.717) is 17.5 Å². The Bertz CT molecular complexity index is 1280. The Morgan fingerprint density at radius 1 is 0.571 bits per heavy atom. The molecular formula is C37H46O4P+. The molecular weight excluding hydrogens is 539 g/mol. The van der Waals surface area contributed by atoms with Crippen molar-refractivity contribution in [3.05, 3.63) is 108 Å². The molecule has 0 unspecified atom stereocenters. The highest BCUT2D eigenvalue weighted by atomic mass is 31.2. The van der Waals surface area contributed by atoms with E-state index in [4.69, 9.17) is 4.74 Å². The van der Waals surface area contributed by atoms with Gasteiger partial charge in [-0.1, -0.05) is 86.7 Å². The third-order valence-corrected chi connectivity index (χ3v) is 13.0. The van der Waals surface area contributed by atoms with Crippen LogP contribution in [-0.2, 0) is 13.0 Å². The fourth-order valence-electron chi connectivity index (χ4n) is 6.20. The first-order valence-corrected chi connectivity index (χ1v) is 17.3. The van der Waals surface area contributed by atoms with Gasteiger partial charge >= 0.3 is 0 Å². The first-order chi connectivity index (χ1) is 20.5. The number of aromatic hydroxyl groups is 2. The van der Waals surface area contributed by atoms with Crippen LogP contribution in [0.5, 0.6) is 17.2 Å². The van der Waals surface area contributed by atoms with Crippen molar-refractivity contribution < 1.29 is 20.1 Å². The molecule has 0 aromatic heterocycles. The zero-order chi connectivity index (χ0) is 29.8. The third kappa shape index (κ3) is 7.17. The fraction of sp³-hybridized carbons (Fsp3) is 0.351. The number of aliphatic hydroxyl groups is 1. The maximum Gasteiger partial charge on any atom is 0.170 e. The molecule has 0 amide bonds. The summed E-state index contributed by atoms with van der Waals surface area (Å²) in [4.78, 5) is 0. The summed E-state index contributed by atoms with van der Waals surface area (Å²) in [7, 11) is -0.293. The molecule has 0 bridgehead atoms. The van der Waals surface area contributed by atoms with Crippen LogP contribution in [-0.4, -0.2) is 28.6 Å². The van der Waals surface area contributed by atoms with Gasteiger partial charge in [0.05, 0.1) is 25.4 Å². The molecule has 0 saturated heterocycles. The molecule has 0 aliphatic rings. The number of ether oxygens (including phenoxy) is 1. The summed E-state index contributed by atoms with van der Waals surface area (Å²) >= 11 is 0. The standard InChI is InChI=1S/C37H45O4P/c1-29-33(36(40)37(41-2)34(28-38)35(29)39)26-18-7-5-3-4-6-8-19-27-42(30-20-12-9-13-21-30,31-22-14-10-15-23-31)32-24-16-11-17-25-32/h9-17,20-25,38H,3-8,18-19,26-28H2,1-2H3,(H-,39,40)/p+1. The highest BCUT2D eigenvalue weighted by Gasteiger charge is 2.44. The molecule has 0 saturated carbocycles. The molecule has 4 nitrogen and oxygen atoms in total. The summed E-state index contributed by atoms with van der Waals surface area (Å²) < 4.78 is 5.26. The van der Waals surface area contributed by atoms with E-state index in [-0.39, 0.29) is 29.4 Å². The molecule has 0 radical (unpaired) electrons. The Labute approximate surface area is 252 Å². The van der Waals surface area contributed by atoms with Gasteiger partial charge in [0.1, 0.15) is 28.9 Å². The lowest BCUT2D eigenvalue weighted by atomic mass is 9.96. The van der Waals surface area contributed by atoms with E-state index in [1.54, 1.807) is 6.92 Å². The van der Waals surface area contributed by atoms with Crippen LogP contribution in [0.3, 0.4) is 0 Å². The van der Waals surface area contributed by atoms with Crippen molar-refractivity contribution in [2.24, 2.45) is 0 Å². The van der Waals surface area contributed by atoms with Gasteiger partial charge in [0, 0.05) is 5.56 Å². The largest absolute Gasteiger partial charge is 0.507 e. The Morgan fingerprint density at radius 3 is 1.43 bits per heavy atom. The zero-order valence-corrected chi connectivity index (χ0v) is 26.0. The van der Waals surface area contributed by atoms with E-state index >= 15 is 0 Å². The molecule has 0 spiro atoms. The Balaban J connectivity index is 1.28. The molecule has 4 aromatic rings. The quantitative estimate of drug-likeness (QED) is 0.0721. The number of phenolic OH excluding ortho intramolecular Hbond substituents is 1. The van der Waals surface area contributed by atoms with Crippen molar-refractivity contribution in [3.8, 4) is 17.2 Å². The van der Waals surface area contributed by atoms with Crippen molar-refractivity contribution >= 4 is 23.2 Å². The minimum atomic E-state index is -1.74. The third-order valence-electron chi connectivity index (χ3n) is 8.49. The highest BCUT2D eigenvalue weighted by molar-refractivity contribution is 7.95. The molecule has 4 aromatic carbocycles. The number of unbranched alkanes of at least 4 members (excludes halogenated alkanes) is 7. The predicted molar refractivity (Wildman–Crippen MR) is 178 cm³/mol. The average Bonchev–Trinajstić information content (AvgIpc) is 3.04. The van der Waals surface area contributed by atoms with Crippen molar-refractivity contribution in [1.82, 2.24) is 0 Å². The van der Waals surface area contributed by atoms with Crippen molar-refractivity contribution in [2.45, 2.75) is 71.3 Å². The van der Waals surface area contributed by atoms with E-state index in [2.05, 4.69) is 91.0 Å². The molecule has 0 atom stereocenters. The summed E-state index contributed by atoms with van der Waals surface area (Å²) in [5, 5.41) is 35.1. The second kappa shape index (κ2) is 15.8. The molecule has 222 valence electrons. The number of methoxy groups -OCH3 is 1. The van der Waals surface area contributed by atoms with Gasteiger partial charge in [-0.2, -0.15) is 0 Å². The minimum Gasteiger partial charge on any atom is -0.507 e. The van der Waals surface area contributed by atoms with Gasteiger partial charge < -0.3 is 20.1 Å². The Morgan fingerprint density at radius 2 is 1.00 bits per heavy atom. The normalized spacial score (nSPS) is 11.5. The summed E-state index contributed by atoms with van der Waals surface area (Å²) in [6.45, 7) is 1.41. The van der Waals surface area contributed by atoms with Crippen LogP contribution in [0.2, 0.25) is 0 Å². The zero-order valence-electron chi connectivity index (χ0n) is 25.1. The summed E-state index contributed by atoms with van der Waals surface area (Å²) in [5.41, 5.74) is 1.58. The van der Waals surface area contributed by atoms with Crippen molar-refractivity contribution in [3.63, 3.8) is 0 Å². The number of rotatable bonds is 16. The maximum atomic E-state index is 10.7. The Kier molecular flexibility index (Phi) is 11.9. The molecule has 42 heavy (non-hydrogen) atoms. The van der Waals surface area contributed by atoms with Crippen LogP contribution in [0.4, 0.5) is 0 Å². The minimum absolute atomic E-state index is 0.0143. The van der Waals surface area contributed by atoms with E-state index in [9.17, 15) is 15.3 Å². The Hall–Kier alpha value is -3.33. The SMILES string of the molecule is COc1c(O)c(CCCCCCCCCC[P+](c2ccccc2)(c2ccccc2)c2ccccc2)c(C)c(O)c1CO. The van der Waals surface area contributed by atoms with Gasteiger partial charge in [0.15, 0.2) is 11.5 Å². The van der Waals surface area contributed by atoms with Crippen LogP contribution in [0.15, 0.2) is 91.0 Å². The number of phenols is 2. The lowest BCUT2D eigenvalue weighted by Gasteiger charge is -2.27. The number of aliphatic hydroxyl groups excluding tert-OH is 1.